The number of benzene rings is 1. The van der Waals surface area contributed by atoms with Gasteiger partial charge >= 0.3 is 5.97 Å². The van der Waals surface area contributed by atoms with Crippen molar-refractivity contribution in [1.82, 2.24) is 9.55 Å². The second kappa shape index (κ2) is 14.2. The highest BCUT2D eigenvalue weighted by molar-refractivity contribution is 5.88. The van der Waals surface area contributed by atoms with Crippen LogP contribution < -0.4 is 16.2 Å². The van der Waals surface area contributed by atoms with Gasteiger partial charge in [0, 0.05) is 55.3 Å². The highest BCUT2D eigenvalue weighted by Crippen LogP contribution is 2.32. The summed E-state index contributed by atoms with van der Waals surface area (Å²) in [7, 11) is 0. The molecule has 4 N–H and O–H groups in total. The molecule has 208 valence electrons. The summed E-state index contributed by atoms with van der Waals surface area (Å²) < 4.78 is 41.5. The zero-order chi connectivity index (χ0) is 27.5. The number of aryl methyl sites for hydroxylation is 1. The zero-order valence-corrected chi connectivity index (χ0v) is 22.4. The molecule has 1 atom stereocenters. The summed E-state index contributed by atoms with van der Waals surface area (Å²) in [4.78, 5) is 15.7. The van der Waals surface area contributed by atoms with E-state index in [9.17, 15) is 13.6 Å². The van der Waals surface area contributed by atoms with Gasteiger partial charge in [-0.1, -0.05) is 13.8 Å². The van der Waals surface area contributed by atoms with E-state index in [4.69, 9.17) is 20.9 Å². The molecule has 38 heavy (non-hydrogen) atoms. The van der Waals surface area contributed by atoms with Crippen LogP contribution >= 0.6 is 0 Å². The lowest BCUT2D eigenvalue weighted by atomic mass is 10.1. The van der Waals surface area contributed by atoms with Crippen LogP contribution in [0, 0.1) is 5.92 Å². The fourth-order valence-corrected chi connectivity index (χ4v) is 4.33. The lowest BCUT2D eigenvalue weighted by Gasteiger charge is -2.17. The Hall–Kier alpha value is -3.04. The molecule has 0 saturated heterocycles. The van der Waals surface area contributed by atoms with Crippen LogP contribution in [0.3, 0.4) is 0 Å². The maximum absolute atomic E-state index is 14.2. The number of aromatic nitrogens is 2. The largest absolute Gasteiger partial charge is 0.494 e. The van der Waals surface area contributed by atoms with Gasteiger partial charge in [-0.05, 0) is 61.9 Å². The van der Waals surface area contributed by atoms with Crippen LogP contribution in [0.2, 0.25) is 0 Å². The van der Waals surface area contributed by atoms with E-state index in [1.807, 2.05) is 30.5 Å². The Labute approximate surface area is 223 Å². The molecule has 1 aromatic carbocycles. The van der Waals surface area contributed by atoms with Gasteiger partial charge in [0.05, 0.1) is 24.4 Å². The first-order valence-corrected chi connectivity index (χ1v) is 13.4. The molecule has 2 aromatic heterocycles. The van der Waals surface area contributed by atoms with Gasteiger partial charge in [-0.3, -0.25) is 9.78 Å². The number of nitrogens with zero attached hydrogens (tertiary/aromatic N) is 2. The Morgan fingerprint density at radius 2 is 1.87 bits per heavy atom. The summed E-state index contributed by atoms with van der Waals surface area (Å²) in [6.45, 7) is 5.35. The third-order valence-corrected chi connectivity index (χ3v) is 6.44. The van der Waals surface area contributed by atoms with E-state index in [1.165, 1.54) is 0 Å². The molecule has 9 heteroatoms. The van der Waals surface area contributed by atoms with E-state index in [2.05, 4.69) is 35.5 Å². The molecule has 0 aliphatic heterocycles. The molecule has 3 aromatic rings. The number of halogens is 2. The standard InChI is InChI=1S/C29H40F2N4O3/c1-21(2)7-4-14-35-26(23-8-3-13-34-20-23)17-22-9-10-24(18-27(22)35)37-15-5-11-29(30,31)12-6-16-38-28(36)25(33)19-32/h3,8-10,13,17-18,20-21,25H,4-7,11-12,14-16,19,32-33H2,1-2H3. The molecule has 7 nitrogen and oxygen atoms in total. The van der Waals surface area contributed by atoms with Gasteiger partial charge < -0.3 is 25.5 Å². The van der Waals surface area contributed by atoms with Crippen LogP contribution in [0.15, 0.2) is 48.8 Å². The van der Waals surface area contributed by atoms with Crippen molar-refractivity contribution in [3.05, 3.63) is 48.8 Å². The Morgan fingerprint density at radius 1 is 1.11 bits per heavy atom. The van der Waals surface area contributed by atoms with Crippen molar-refractivity contribution in [3.8, 4) is 17.0 Å². The number of hydrogen-bond acceptors (Lipinski definition) is 6. The van der Waals surface area contributed by atoms with Crippen LogP contribution in [0.5, 0.6) is 5.75 Å². The first kappa shape index (κ1) is 29.5. The third-order valence-electron chi connectivity index (χ3n) is 6.44. The fraction of sp³-hybridized carbons (Fsp3) is 0.517. The molecule has 0 aliphatic rings. The Bertz CT molecular complexity index is 1150. The Kier molecular flexibility index (Phi) is 11.0. The number of esters is 1. The predicted octanol–water partition coefficient (Wildman–Crippen LogP) is 5.54. The summed E-state index contributed by atoms with van der Waals surface area (Å²) >= 11 is 0. The van der Waals surface area contributed by atoms with E-state index in [0.717, 1.165) is 41.5 Å². The second-order valence-electron chi connectivity index (χ2n) is 10.1. The Balaban J connectivity index is 1.56. The average molecular weight is 531 g/mol. The van der Waals surface area contributed by atoms with E-state index in [0.29, 0.717) is 11.7 Å². The lowest BCUT2D eigenvalue weighted by Crippen LogP contribution is -2.39. The smallest absolute Gasteiger partial charge is 0.324 e. The Morgan fingerprint density at radius 3 is 2.55 bits per heavy atom. The maximum Gasteiger partial charge on any atom is 0.324 e. The monoisotopic (exact) mass is 530 g/mol. The number of alkyl halides is 2. The van der Waals surface area contributed by atoms with Gasteiger partial charge in [0.15, 0.2) is 0 Å². The lowest BCUT2D eigenvalue weighted by molar-refractivity contribution is -0.145. The molecule has 0 radical (unpaired) electrons. The zero-order valence-electron chi connectivity index (χ0n) is 22.4. The van der Waals surface area contributed by atoms with Gasteiger partial charge in [0.2, 0.25) is 5.92 Å². The van der Waals surface area contributed by atoms with Gasteiger partial charge in [0.1, 0.15) is 11.8 Å². The molecule has 0 saturated carbocycles. The van der Waals surface area contributed by atoms with E-state index < -0.39 is 17.9 Å². The van der Waals surface area contributed by atoms with Gasteiger partial charge in [0.25, 0.3) is 0 Å². The van der Waals surface area contributed by atoms with Gasteiger partial charge in [-0.2, -0.15) is 0 Å². The molecule has 0 fully saturated rings. The minimum atomic E-state index is -2.86. The van der Waals surface area contributed by atoms with E-state index >= 15 is 0 Å². The minimum absolute atomic E-state index is 0.0441. The van der Waals surface area contributed by atoms with Crippen LogP contribution in [0.25, 0.3) is 22.2 Å². The molecular formula is C29H40F2N4O3. The number of fused-ring (bicyclic) bond motifs is 1. The van der Waals surface area contributed by atoms with Gasteiger partial charge in [-0.25, -0.2) is 8.78 Å². The van der Waals surface area contributed by atoms with Crippen molar-refractivity contribution in [1.29, 1.82) is 0 Å². The van der Waals surface area contributed by atoms with Crippen molar-refractivity contribution >= 4 is 16.9 Å². The first-order chi connectivity index (χ1) is 18.2. The van der Waals surface area contributed by atoms with Crippen molar-refractivity contribution in [2.24, 2.45) is 17.4 Å². The number of hydrogen-bond donors (Lipinski definition) is 2. The number of carbonyl (C=O) groups excluding carboxylic acids is 1. The number of nitrogens with two attached hydrogens (primary N) is 2. The second-order valence-corrected chi connectivity index (χ2v) is 10.1. The normalized spacial score (nSPS) is 12.7. The van der Waals surface area contributed by atoms with E-state index in [1.54, 1.807) is 6.20 Å². The van der Waals surface area contributed by atoms with Crippen LogP contribution in [0.4, 0.5) is 8.78 Å². The molecule has 3 rings (SSSR count). The highest BCUT2D eigenvalue weighted by Gasteiger charge is 2.28. The summed E-state index contributed by atoms with van der Waals surface area (Å²) in [5.74, 6) is -2.25. The van der Waals surface area contributed by atoms with Crippen molar-refractivity contribution in [2.75, 3.05) is 19.8 Å². The first-order valence-electron chi connectivity index (χ1n) is 13.4. The molecular weight excluding hydrogens is 490 g/mol. The quantitative estimate of drug-likeness (QED) is 0.186. The third kappa shape index (κ3) is 8.77. The van der Waals surface area contributed by atoms with Crippen molar-refractivity contribution < 1.29 is 23.0 Å². The summed E-state index contributed by atoms with van der Waals surface area (Å²) in [6.07, 6.45) is 5.39. The topological polar surface area (TPSA) is 105 Å². The maximum atomic E-state index is 14.2. The van der Waals surface area contributed by atoms with Crippen LogP contribution in [0.1, 0.15) is 52.4 Å². The predicted molar refractivity (Wildman–Crippen MR) is 146 cm³/mol. The highest BCUT2D eigenvalue weighted by atomic mass is 19.3. The van der Waals surface area contributed by atoms with Crippen molar-refractivity contribution in [2.45, 2.75) is 70.9 Å². The van der Waals surface area contributed by atoms with Crippen LogP contribution in [-0.4, -0.2) is 47.2 Å². The number of ether oxygens (including phenoxy) is 2. The van der Waals surface area contributed by atoms with Crippen LogP contribution in [-0.2, 0) is 16.1 Å². The number of rotatable bonds is 16. The minimum Gasteiger partial charge on any atom is -0.494 e. The molecule has 0 aliphatic carbocycles. The summed E-state index contributed by atoms with van der Waals surface area (Å²) in [5.41, 5.74) is 13.9. The molecule has 0 bridgehead atoms. The molecule has 1 unspecified atom stereocenters. The van der Waals surface area contributed by atoms with E-state index in [-0.39, 0.29) is 45.4 Å². The molecule has 0 spiro atoms. The molecule has 2 heterocycles. The number of pyridine rings is 1. The SMILES string of the molecule is CC(C)CCCn1c(-c2cccnc2)cc2ccc(OCCCC(F)(F)CCCOC(=O)C(N)CN)cc21. The average Bonchev–Trinajstić information content (AvgIpc) is 3.26. The summed E-state index contributed by atoms with van der Waals surface area (Å²) in [6, 6.07) is 11.1. The fourth-order valence-electron chi connectivity index (χ4n) is 4.33. The van der Waals surface area contributed by atoms with Gasteiger partial charge in [-0.15, -0.1) is 0 Å². The number of carbonyl (C=O) groups is 1. The van der Waals surface area contributed by atoms with Crippen molar-refractivity contribution in [3.63, 3.8) is 0 Å². The molecule has 0 amide bonds. The summed E-state index contributed by atoms with van der Waals surface area (Å²) in [5, 5.41) is 1.10.